The normalized spacial score (nSPS) is 12.0. The fourth-order valence-electron chi connectivity index (χ4n) is 3.47. The smallest absolute Gasteiger partial charge is 0.417 e. The fraction of sp³-hybridized carbons (Fsp3) is 0.308. The molecule has 9 nitrogen and oxygen atoms in total. The number of rotatable bonds is 7. The maximum absolute atomic E-state index is 12.6. The highest BCUT2D eigenvalue weighted by molar-refractivity contribution is 6.17. The lowest BCUT2D eigenvalue weighted by molar-refractivity contribution is 0.0292. The van der Waals surface area contributed by atoms with Crippen LogP contribution in [0.1, 0.15) is 54.0 Å². The molecule has 1 N–H and O–H groups in total. The van der Waals surface area contributed by atoms with E-state index < -0.39 is 29.7 Å². The van der Waals surface area contributed by atoms with Crippen molar-refractivity contribution in [3.63, 3.8) is 0 Å². The Morgan fingerprint density at radius 2 is 1.83 bits per heavy atom. The van der Waals surface area contributed by atoms with E-state index in [1.165, 1.54) is 17.3 Å². The minimum absolute atomic E-state index is 0.101. The average molecular weight is 514 g/mol. The highest BCUT2D eigenvalue weighted by Crippen LogP contribution is 2.27. The summed E-state index contributed by atoms with van der Waals surface area (Å²) in [4.78, 5) is 42.4. The number of nitrogens with zero attached hydrogens (tertiary/aromatic N) is 3. The Morgan fingerprint density at radius 1 is 1.14 bits per heavy atom. The summed E-state index contributed by atoms with van der Waals surface area (Å²) in [7, 11) is 1.57. The topological polar surface area (TPSA) is 111 Å². The Bertz CT molecular complexity index is 1230. The third-order valence-corrected chi connectivity index (χ3v) is 5.47. The van der Waals surface area contributed by atoms with Gasteiger partial charge in [0.05, 0.1) is 11.5 Å². The summed E-state index contributed by atoms with van der Waals surface area (Å²) < 4.78 is 11.9. The van der Waals surface area contributed by atoms with Gasteiger partial charge in [0.25, 0.3) is 0 Å². The summed E-state index contributed by atoms with van der Waals surface area (Å²) in [6, 6.07) is 13.5. The van der Waals surface area contributed by atoms with Crippen molar-refractivity contribution in [3.8, 4) is 5.75 Å². The van der Waals surface area contributed by atoms with Crippen LogP contribution in [-0.2, 0) is 10.6 Å². The van der Waals surface area contributed by atoms with Crippen LogP contribution >= 0.6 is 11.6 Å². The predicted octanol–water partition coefficient (Wildman–Crippen LogP) is 5.37. The maximum Gasteiger partial charge on any atom is 0.417 e. The minimum atomic E-state index is -1.20. The molecule has 0 spiro atoms. The van der Waals surface area contributed by atoms with E-state index in [1.807, 2.05) is 6.07 Å². The zero-order valence-corrected chi connectivity index (χ0v) is 21.2. The summed E-state index contributed by atoms with van der Waals surface area (Å²) in [5.41, 5.74) is 1.16. The zero-order valence-electron chi connectivity index (χ0n) is 20.5. The SMILES string of the molecule is CN(CC(c1ccc(OC(=O)c2cccc(CCl)c2)cc1)c1nccn1C(=O)O)C(=O)OC(C)(C)C. The Labute approximate surface area is 214 Å². The van der Waals surface area contributed by atoms with Gasteiger partial charge in [0, 0.05) is 31.9 Å². The lowest BCUT2D eigenvalue weighted by Crippen LogP contribution is -2.37. The lowest BCUT2D eigenvalue weighted by atomic mass is 9.97. The highest BCUT2D eigenvalue weighted by atomic mass is 35.5. The molecule has 0 aliphatic heterocycles. The summed E-state index contributed by atoms with van der Waals surface area (Å²) in [5.74, 6) is -0.307. The molecule has 0 fully saturated rings. The van der Waals surface area contributed by atoms with Gasteiger partial charge in [0.2, 0.25) is 0 Å². The number of carbonyl (C=O) groups excluding carboxylic acids is 2. The van der Waals surface area contributed by atoms with Gasteiger partial charge in [-0.1, -0.05) is 24.3 Å². The highest BCUT2D eigenvalue weighted by Gasteiger charge is 2.27. The van der Waals surface area contributed by atoms with Crippen LogP contribution in [0.3, 0.4) is 0 Å². The van der Waals surface area contributed by atoms with E-state index in [0.717, 1.165) is 10.1 Å². The van der Waals surface area contributed by atoms with Gasteiger partial charge < -0.3 is 19.5 Å². The summed E-state index contributed by atoms with van der Waals surface area (Å²) in [6.45, 7) is 5.39. The summed E-state index contributed by atoms with van der Waals surface area (Å²) in [5, 5.41) is 9.59. The lowest BCUT2D eigenvalue weighted by Gasteiger charge is -2.27. The Balaban J connectivity index is 1.85. The molecular formula is C26H28ClN3O6. The first kappa shape index (κ1) is 26.7. The monoisotopic (exact) mass is 513 g/mol. The van der Waals surface area contributed by atoms with E-state index in [9.17, 15) is 19.5 Å². The van der Waals surface area contributed by atoms with Gasteiger partial charge in [0.15, 0.2) is 0 Å². The van der Waals surface area contributed by atoms with Crippen molar-refractivity contribution in [1.82, 2.24) is 14.5 Å². The Morgan fingerprint density at radius 3 is 2.44 bits per heavy atom. The summed E-state index contributed by atoms with van der Waals surface area (Å²) >= 11 is 5.84. The molecule has 1 unspecified atom stereocenters. The van der Waals surface area contributed by atoms with Crippen LogP contribution in [0, 0.1) is 0 Å². The van der Waals surface area contributed by atoms with Crippen molar-refractivity contribution in [1.29, 1.82) is 0 Å². The number of halogens is 1. The molecule has 0 aliphatic carbocycles. The van der Waals surface area contributed by atoms with Gasteiger partial charge >= 0.3 is 18.2 Å². The minimum Gasteiger partial charge on any atom is -0.464 e. The van der Waals surface area contributed by atoms with Crippen molar-refractivity contribution in [2.75, 3.05) is 13.6 Å². The van der Waals surface area contributed by atoms with Crippen LogP contribution in [0.4, 0.5) is 9.59 Å². The van der Waals surface area contributed by atoms with Crippen molar-refractivity contribution < 1.29 is 29.0 Å². The largest absolute Gasteiger partial charge is 0.464 e. The van der Waals surface area contributed by atoms with Gasteiger partial charge in [-0.15, -0.1) is 11.6 Å². The van der Waals surface area contributed by atoms with E-state index in [0.29, 0.717) is 16.9 Å². The van der Waals surface area contributed by atoms with Gasteiger partial charge in [-0.25, -0.2) is 23.9 Å². The molecule has 3 rings (SSSR count). The van der Waals surface area contributed by atoms with E-state index in [2.05, 4.69) is 4.98 Å². The van der Waals surface area contributed by atoms with E-state index in [4.69, 9.17) is 21.1 Å². The maximum atomic E-state index is 12.6. The molecule has 1 amide bonds. The van der Waals surface area contributed by atoms with Crippen LogP contribution in [-0.4, -0.2) is 56.9 Å². The van der Waals surface area contributed by atoms with Crippen molar-refractivity contribution in [3.05, 3.63) is 83.4 Å². The van der Waals surface area contributed by atoms with Gasteiger partial charge in [-0.2, -0.15) is 0 Å². The van der Waals surface area contributed by atoms with Gasteiger partial charge in [-0.3, -0.25) is 0 Å². The molecule has 0 aliphatic rings. The number of ether oxygens (including phenoxy) is 2. The second kappa shape index (κ2) is 11.3. The molecule has 10 heteroatoms. The molecule has 1 aromatic heterocycles. The third-order valence-electron chi connectivity index (χ3n) is 5.16. The second-order valence-corrected chi connectivity index (χ2v) is 9.41. The van der Waals surface area contributed by atoms with Crippen molar-refractivity contribution in [2.24, 2.45) is 0 Å². The van der Waals surface area contributed by atoms with Crippen LogP contribution in [0.15, 0.2) is 60.9 Å². The number of carboxylic acid groups (broad SMARTS) is 1. The quantitative estimate of drug-likeness (QED) is 0.257. The molecule has 36 heavy (non-hydrogen) atoms. The second-order valence-electron chi connectivity index (χ2n) is 9.14. The summed E-state index contributed by atoms with van der Waals surface area (Å²) in [6.07, 6.45) is 0.973. The number of alkyl halides is 1. The standard InChI is InChI=1S/C26H28ClN3O6/c1-26(2,3)36-25(34)29(4)16-21(22-28-12-13-30(22)24(32)33)18-8-10-20(11-9-18)35-23(31)19-7-5-6-17(14-19)15-27/h5-14,21H,15-16H2,1-4H3,(H,32,33). The molecule has 0 saturated heterocycles. The Kier molecular flexibility index (Phi) is 8.37. The number of hydrogen-bond donors (Lipinski definition) is 1. The van der Waals surface area contributed by atoms with Crippen LogP contribution in [0.2, 0.25) is 0 Å². The number of hydrogen-bond acceptors (Lipinski definition) is 6. The predicted molar refractivity (Wildman–Crippen MR) is 134 cm³/mol. The van der Waals surface area contributed by atoms with E-state index in [-0.39, 0.29) is 18.2 Å². The molecule has 0 bridgehead atoms. The number of imidazole rings is 1. The van der Waals surface area contributed by atoms with Crippen LogP contribution < -0.4 is 4.74 Å². The fourth-order valence-corrected chi connectivity index (χ4v) is 3.64. The van der Waals surface area contributed by atoms with Crippen molar-refractivity contribution in [2.45, 2.75) is 38.2 Å². The van der Waals surface area contributed by atoms with Crippen molar-refractivity contribution >= 4 is 29.8 Å². The van der Waals surface area contributed by atoms with E-state index in [1.54, 1.807) is 70.3 Å². The molecule has 0 saturated carbocycles. The van der Waals surface area contributed by atoms with E-state index >= 15 is 0 Å². The number of amides is 1. The molecule has 3 aromatic rings. The first-order chi connectivity index (χ1) is 17.0. The average Bonchev–Trinajstić information content (AvgIpc) is 3.32. The number of aromatic nitrogens is 2. The molecule has 1 atom stereocenters. The molecule has 1 heterocycles. The molecule has 0 radical (unpaired) electrons. The number of likely N-dealkylation sites (N-methyl/N-ethyl adjacent to an activating group) is 1. The van der Waals surface area contributed by atoms with Gasteiger partial charge in [0.1, 0.15) is 17.2 Å². The zero-order chi connectivity index (χ0) is 26.5. The number of carbonyl (C=O) groups is 3. The first-order valence-corrected chi connectivity index (χ1v) is 11.7. The molecule has 2 aromatic carbocycles. The van der Waals surface area contributed by atoms with Crippen LogP contribution in [0.25, 0.3) is 0 Å². The molecule has 190 valence electrons. The van der Waals surface area contributed by atoms with Gasteiger partial charge in [-0.05, 0) is 56.2 Å². The Hall–Kier alpha value is -3.85. The first-order valence-electron chi connectivity index (χ1n) is 11.2. The van der Waals surface area contributed by atoms with Crippen LogP contribution in [0.5, 0.6) is 5.75 Å². The number of esters is 1. The number of benzene rings is 2. The molecular weight excluding hydrogens is 486 g/mol. The third kappa shape index (κ3) is 6.85.